The van der Waals surface area contributed by atoms with Gasteiger partial charge in [0.15, 0.2) is 6.10 Å². The van der Waals surface area contributed by atoms with Crippen LogP contribution in [-0.2, 0) is 31.7 Å². The molecule has 1 aliphatic carbocycles. The Morgan fingerprint density at radius 3 is 2.24 bits per heavy atom. The van der Waals surface area contributed by atoms with Crippen LogP contribution in [0.4, 0.5) is 0 Å². The van der Waals surface area contributed by atoms with E-state index in [0.29, 0.717) is 5.75 Å². The second kappa shape index (κ2) is 10.9. The molecule has 0 saturated heterocycles. The summed E-state index contributed by atoms with van der Waals surface area (Å²) in [5.74, 6) is -0.938. The normalized spacial score (nSPS) is 16.1. The number of benzene rings is 3. The van der Waals surface area contributed by atoms with Gasteiger partial charge in [0.05, 0.1) is 0 Å². The Kier molecular flexibility index (Phi) is 7.81. The third-order valence-electron chi connectivity index (χ3n) is 7.36. The van der Waals surface area contributed by atoms with E-state index in [1.807, 2.05) is 36.4 Å². The van der Waals surface area contributed by atoms with Crippen LogP contribution in [0.3, 0.4) is 0 Å². The molecule has 0 amide bonds. The van der Waals surface area contributed by atoms with E-state index >= 15 is 0 Å². The van der Waals surface area contributed by atoms with Gasteiger partial charge in [-0.15, -0.1) is 0 Å². The molecule has 0 radical (unpaired) electrons. The average molecular weight is 517 g/mol. The third kappa shape index (κ3) is 6.18. The number of esters is 2. The van der Waals surface area contributed by atoms with Gasteiger partial charge in [-0.2, -0.15) is 0 Å². The van der Waals surface area contributed by atoms with Crippen LogP contribution in [0.1, 0.15) is 86.2 Å². The Balaban J connectivity index is 1.48. The Morgan fingerprint density at radius 1 is 0.895 bits per heavy atom. The van der Waals surface area contributed by atoms with Crippen LogP contribution in [-0.4, -0.2) is 23.7 Å². The first-order chi connectivity index (χ1) is 18.0. The monoisotopic (exact) mass is 516 g/mol. The molecule has 0 spiro atoms. The lowest BCUT2D eigenvalue weighted by Crippen LogP contribution is -2.34. The predicted molar refractivity (Wildman–Crippen MR) is 145 cm³/mol. The van der Waals surface area contributed by atoms with E-state index in [0.717, 1.165) is 24.0 Å². The Morgan fingerprint density at radius 2 is 1.58 bits per heavy atom. The summed E-state index contributed by atoms with van der Waals surface area (Å²) in [6, 6.07) is 20.0. The van der Waals surface area contributed by atoms with Gasteiger partial charge in [-0.1, -0.05) is 76.2 Å². The average Bonchev–Trinajstić information content (AvgIpc) is 2.88. The van der Waals surface area contributed by atoms with E-state index in [2.05, 4.69) is 39.8 Å². The second-order valence-electron chi connectivity index (χ2n) is 11.2. The molecule has 1 N–H and O–H groups in total. The first-order valence-electron chi connectivity index (χ1n) is 13.0. The SMILES string of the molecule is CC(=O)OC(COc1ccc(C(=O)OCc2ccccc2)c(O)c1)c1ccc2c(c1)C(C)(C)CCC2(C)C. The number of carbonyl (C=O) groups is 2. The number of hydrogen-bond donors (Lipinski definition) is 1. The quantitative estimate of drug-likeness (QED) is 0.332. The fourth-order valence-electron chi connectivity index (χ4n) is 4.95. The molecule has 0 saturated carbocycles. The highest BCUT2D eigenvalue weighted by Gasteiger charge is 2.37. The summed E-state index contributed by atoms with van der Waals surface area (Å²) in [7, 11) is 0. The van der Waals surface area contributed by atoms with E-state index in [1.54, 1.807) is 6.07 Å². The maximum absolute atomic E-state index is 12.5. The van der Waals surface area contributed by atoms with Crippen molar-refractivity contribution < 1.29 is 28.9 Å². The Hall–Kier alpha value is -3.80. The highest BCUT2D eigenvalue weighted by molar-refractivity contribution is 5.92. The topological polar surface area (TPSA) is 82.1 Å². The van der Waals surface area contributed by atoms with Crippen LogP contribution < -0.4 is 4.74 Å². The zero-order valence-electron chi connectivity index (χ0n) is 22.7. The maximum atomic E-state index is 12.5. The molecule has 0 fully saturated rings. The van der Waals surface area contributed by atoms with Crippen molar-refractivity contribution in [3.05, 3.63) is 94.5 Å². The van der Waals surface area contributed by atoms with Crippen molar-refractivity contribution in [3.8, 4) is 11.5 Å². The minimum atomic E-state index is -0.629. The largest absolute Gasteiger partial charge is 0.507 e. The maximum Gasteiger partial charge on any atom is 0.342 e. The van der Waals surface area contributed by atoms with Gasteiger partial charge < -0.3 is 19.3 Å². The molecule has 200 valence electrons. The lowest BCUT2D eigenvalue weighted by Gasteiger charge is -2.42. The van der Waals surface area contributed by atoms with Crippen LogP contribution >= 0.6 is 0 Å². The van der Waals surface area contributed by atoms with E-state index in [4.69, 9.17) is 14.2 Å². The van der Waals surface area contributed by atoms with Gasteiger partial charge in [0.2, 0.25) is 0 Å². The minimum absolute atomic E-state index is 0.0131. The van der Waals surface area contributed by atoms with Gasteiger partial charge >= 0.3 is 11.9 Å². The van der Waals surface area contributed by atoms with Gasteiger partial charge in [0.1, 0.15) is 30.3 Å². The molecule has 0 aromatic heterocycles. The van der Waals surface area contributed by atoms with Gasteiger partial charge in [0.25, 0.3) is 0 Å². The molecule has 1 aliphatic rings. The molecule has 1 unspecified atom stereocenters. The molecule has 38 heavy (non-hydrogen) atoms. The molecule has 6 nitrogen and oxygen atoms in total. The summed E-state index contributed by atoms with van der Waals surface area (Å²) in [6.07, 6.45) is 1.56. The number of rotatable bonds is 8. The number of aromatic hydroxyl groups is 1. The Labute approximate surface area is 224 Å². The molecule has 0 bridgehead atoms. The summed E-state index contributed by atoms with van der Waals surface area (Å²) in [5, 5.41) is 10.5. The summed E-state index contributed by atoms with van der Waals surface area (Å²) < 4.78 is 16.9. The van der Waals surface area contributed by atoms with Gasteiger partial charge in [-0.3, -0.25) is 4.79 Å². The lowest BCUT2D eigenvalue weighted by atomic mass is 9.63. The molecular formula is C32H36O6. The van der Waals surface area contributed by atoms with Gasteiger partial charge in [-0.05, 0) is 58.1 Å². The van der Waals surface area contributed by atoms with Crippen molar-refractivity contribution >= 4 is 11.9 Å². The number of phenols is 1. The molecule has 6 heteroatoms. The van der Waals surface area contributed by atoms with Crippen LogP contribution in [0.25, 0.3) is 0 Å². The smallest absolute Gasteiger partial charge is 0.342 e. The number of carbonyl (C=O) groups excluding carboxylic acids is 2. The summed E-state index contributed by atoms with van der Waals surface area (Å²) in [6.45, 7) is 10.6. The van der Waals surface area contributed by atoms with Crippen LogP contribution in [0, 0.1) is 0 Å². The van der Waals surface area contributed by atoms with E-state index < -0.39 is 18.0 Å². The van der Waals surface area contributed by atoms with Crippen molar-refractivity contribution in [2.24, 2.45) is 0 Å². The fraction of sp³-hybridized carbons (Fsp3) is 0.375. The Bertz CT molecular complexity index is 1310. The van der Waals surface area contributed by atoms with E-state index in [-0.39, 0.29) is 35.4 Å². The highest BCUT2D eigenvalue weighted by atomic mass is 16.6. The van der Waals surface area contributed by atoms with Crippen LogP contribution in [0.5, 0.6) is 11.5 Å². The molecule has 3 aromatic carbocycles. The van der Waals surface area contributed by atoms with Gasteiger partial charge in [0, 0.05) is 13.0 Å². The van der Waals surface area contributed by atoms with Crippen LogP contribution in [0.15, 0.2) is 66.7 Å². The van der Waals surface area contributed by atoms with Crippen molar-refractivity contribution in [2.75, 3.05) is 6.61 Å². The van der Waals surface area contributed by atoms with Crippen molar-refractivity contribution in [2.45, 2.75) is 71.0 Å². The van der Waals surface area contributed by atoms with E-state index in [9.17, 15) is 14.7 Å². The molecule has 0 aliphatic heterocycles. The second-order valence-corrected chi connectivity index (χ2v) is 11.2. The standard InChI is InChI=1S/C32H36O6/c1-21(33)38-29(23-11-14-26-27(17-23)32(4,5)16-15-31(26,2)3)20-36-24-12-13-25(28(34)18-24)30(35)37-19-22-9-7-6-8-10-22/h6-14,17-18,29,34H,15-16,19-20H2,1-5H3. The number of fused-ring (bicyclic) bond motifs is 1. The molecule has 1 atom stereocenters. The summed E-state index contributed by atoms with van der Waals surface area (Å²) >= 11 is 0. The first kappa shape index (κ1) is 27.2. The molecule has 4 rings (SSSR count). The fourth-order valence-corrected chi connectivity index (χ4v) is 4.95. The van der Waals surface area contributed by atoms with Crippen molar-refractivity contribution in [1.82, 2.24) is 0 Å². The van der Waals surface area contributed by atoms with Crippen molar-refractivity contribution in [1.29, 1.82) is 0 Å². The van der Waals surface area contributed by atoms with Crippen LogP contribution in [0.2, 0.25) is 0 Å². The summed E-state index contributed by atoms with van der Waals surface area (Å²) in [4.78, 5) is 24.4. The van der Waals surface area contributed by atoms with Crippen molar-refractivity contribution in [3.63, 3.8) is 0 Å². The number of phenolic OH excluding ortho intramolecular Hbond substituents is 1. The molecule has 3 aromatic rings. The minimum Gasteiger partial charge on any atom is -0.507 e. The lowest BCUT2D eigenvalue weighted by molar-refractivity contribution is -0.148. The highest BCUT2D eigenvalue weighted by Crippen LogP contribution is 2.46. The zero-order valence-corrected chi connectivity index (χ0v) is 22.7. The number of ether oxygens (including phenoxy) is 3. The zero-order chi connectivity index (χ0) is 27.5. The van der Waals surface area contributed by atoms with Gasteiger partial charge in [-0.25, -0.2) is 4.79 Å². The molecule has 0 heterocycles. The third-order valence-corrected chi connectivity index (χ3v) is 7.36. The van der Waals surface area contributed by atoms with E-state index in [1.165, 1.54) is 30.2 Å². The summed E-state index contributed by atoms with van der Waals surface area (Å²) in [5.41, 5.74) is 4.43. The number of hydrogen-bond acceptors (Lipinski definition) is 6. The first-order valence-corrected chi connectivity index (χ1v) is 13.0. The predicted octanol–water partition coefficient (Wildman–Crippen LogP) is 6.78. The molecular weight excluding hydrogens is 480 g/mol.